The Bertz CT molecular complexity index is 504. The van der Waals surface area contributed by atoms with Gasteiger partial charge in [0.15, 0.2) is 0 Å². The second kappa shape index (κ2) is 5.91. The van der Waals surface area contributed by atoms with E-state index in [4.69, 9.17) is 0 Å². The number of nitrogens with zero attached hydrogens (tertiary/aromatic N) is 1. The lowest BCUT2D eigenvalue weighted by molar-refractivity contribution is -0.126. The van der Waals surface area contributed by atoms with Crippen LogP contribution in [0.25, 0.3) is 0 Å². The predicted octanol–water partition coefficient (Wildman–Crippen LogP) is 2.06. The molecule has 0 unspecified atom stereocenters. The molecule has 0 spiro atoms. The highest BCUT2D eigenvalue weighted by atomic mass is 32.1. The van der Waals surface area contributed by atoms with Gasteiger partial charge in [-0.25, -0.2) is 4.98 Å². The second-order valence-electron chi connectivity index (χ2n) is 5.54. The average molecular weight is 295 g/mol. The predicted molar refractivity (Wildman–Crippen MR) is 78.9 cm³/mol. The summed E-state index contributed by atoms with van der Waals surface area (Å²) in [5.41, 5.74) is -0.742. The molecule has 1 aromatic rings. The Balaban J connectivity index is 2.14. The number of likely N-dealkylation sites (N-methyl/N-ethyl adjacent to an activating group) is 1. The van der Waals surface area contributed by atoms with Crippen LogP contribution in [0.5, 0.6) is 0 Å². The molecule has 0 atom stereocenters. The molecule has 20 heavy (non-hydrogen) atoms. The smallest absolute Gasteiger partial charge is 0.263 e. The molecule has 110 valence electrons. The number of amides is 2. The van der Waals surface area contributed by atoms with Crippen molar-refractivity contribution in [3.05, 3.63) is 16.1 Å². The van der Waals surface area contributed by atoms with Crippen molar-refractivity contribution >= 4 is 23.2 Å². The molecule has 0 radical (unpaired) electrons. The molecular weight excluding hydrogens is 274 g/mol. The topological polar surface area (TPSA) is 71.1 Å². The molecule has 0 bridgehead atoms. The zero-order valence-electron chi connectivity index (χ0n) is 12.2. The molecule has 0 aromatic carbocycles. The van der Waals surface area contributed by atoms with Crippen LogP contribution < -0.4 is 10.6 Å². The molecule has 1 aromatic heterocycles. The number of carbonyl (C=O) groups is 2. The largest absolute Gasteiger partial charge is 0.357 e. The van der Waals surface area contributed by atoms with Gasteiger partial charge in [0.05, 0.1) is 11.2 Å². The van der Waals surface area contributed by atoms with Crippen molar-refractivity contribution in [2.75, 3.05) is 7.05 Å². The Morgan fingerprint density at radius 1 is 1.35 bits per heavy atom. The van der Waals surface area contributed by atoms with Crippen molar-refractivity contribution in [3.8, 4) is 0 Å². The summed E-state index contributed by atoms with van der Waals surface area (Å²) in [7, 11) is 1.61. The first-order valence-electron chi connectivity index (χ1n) is 6.99. The van der Waals surface area contributed by atoms with Gasteiger partial charge < -0.3 is 10.6 Å². The number of hydrogen-bond donors (Lipinski definition) is 2. The monoisotopic (exact) mass is 295 g/mol. The van der Waals surface area contributed by atoms with Crippen LogP contribution in [0.4, 0.5) is 0 Å². The van der Waals surface area contributed by atoms with Crippen LogP contribution in [-0.4, -0.2) is 29.4 Å². The summed E-state index contributed by atoms with van der Waals surface area (Å²) >= 11 is 1.40. The normalized spacial score (nSPS) is 17.2. The number of aromatic nitrogens is 1. The quantitative estimate of drug-likeness (QED) is 0.893. The summed E-state index contributed by atoms with van der Waals surface area (Å²) in [6, 6.07) is 0. The Hall–Kier alpha value is -1.43. The van der Waals surface area contributed by atoms with E-state index >= 15 is 0 Å². The zero-order chi connectivity index (χ0) is 14.8. The standard InChI is InChI=1S/C14H21N3O2S/c1-9(2)12-16-8-10(20-12)11(18)17-14(13(19)15-3)6-4-5-7-14/h8-9H,4-7H2,1-3H3,(H,15,19)(H,17,18). The van der Waals surface area contributed by atoms with E-state index in [9.17, 15) is 9.59 Å². The fraction of sp³-hybridized carbons (Fsp3) is 0.643. The summed E-state index contributed by atoms with van der Waals surface area (Å²) in [6.45, 7) is 4.09. The first kappa shape index (κ1) is 15.0. The van der Waals surface area contributed by atoms with Crippen LogP contribution >= 0.6 is 11.3 Å². The van der Waals surface area contributed by atoms with Gasteiger partial charge in [0.1, 0.15) is 10.4 Å². The van der Waals surface area contributed by atoms with Crippen molar-refractivity contribution in [2.45, 2.75) is 51.0 Å². The van der Waals surface area contributed by atoms with Gasteiger partial charge in [-0.15, -0.1) is 11.3 Å². The molecule has 2 amide bonds. The molecule has 1 aliphatic carbocycles. The van der Waals surface area contributed by atoms with Gasteiger partial charge in [0, 0.05) is 13.0 Å². The fourth-order valence-corrected chi connectivity index (χ4v) is 3.38. The number of thiazole rings is 1. The highest BCUT2D eigenvalue weighted by molar-refractivity contribution is 7.13. The maximum absolute atomic E-state index is 12.3. The van der Waals surface area contributed by atoms with Crippen molar-refractivity contribution in [2.24, 2.45) is 0 Å². The van der Waals surface area contributed by atoms with Gasteiger partial charge in [-0.3, -0.25) is 9.59 Å². The number of hydrogen-bond acceptors (Lipinski definition) is 4. The van der Waals surface area contributed by atoms with Crippen LogP contribution in [0.15, 0.2) is 6.20 Å². The van der Waals surface area contributed by atoms with Crippen LogP contribution in [0.1, 0.15) is 60.1 Å². The van der Waals surface area contributed by atoms with Gasteiger partial charge in [-0.05, 0) is 12.8 Å². The molecule has 1 heterocycles. The van der Waals surface area contributed by atoms with Gasteiger partial charge in [-0.2, -0.15) is 0 Å². The highest BCUT2D eigenvalue weighted by Gasteiger charge is 2.42. The minimum Gasteiger partial charge on any atom is -0.357 e. The van der Waals surface area contributed by atoms with E-state index in [1.807, 2.05) is 13.8 Å². The van der Waals surface area contributed by atoms with E-state index in [0.717, 1.165) is 17.8 Å². The van der Waals surface area contributed by atoms with Gasteiger partial charge in [-0.1, -0.05) is 26.7 Å². The van der Waals surface area contributed by atoms with Crippen LogP contribution in [0.2, 0.25) is 0 Å². The van der Waals surface area contributed by atoms with Crippen molar-refractivity contribution in [1.82, 2.24) is 15.6 Å². The van der Waals surface area contributed by atoms with E-state index in [1.165, 1.54) is 11.3 Å². The lowest BCUT2D eigenvalue weighted by Crippen LogP contribution is -2.56. The molecule has 2 N–H and O–H groups in total. The molecule has 5 nitrogen and oxygen atoms in total. The first-order valence-corrected chi connectivity index (χ1v) is 7.80. The Morgan fingerprint density at radius 3 is 2.50 bits per heavy atom. The fourth-order valence-electron chi connectivity index (χ4n) is 2.57. The molecular formula is C14H21N3O2S. The van der Waals surface area contributed by atoms with Gasteiger partial charge >= 0.3 is 0 Å². The minimum atomic E-state index is -0.742. The molecule has 2 rings (SSSR count). The molecule has 0 aliphatic heterocycles. The Kier molecular flexibility index (Phi) is 4.42. The van der Waals surface area contributed by atoms with Crippen LogP contribution in [-0.2, 0) is 4.79 Å². The lowest BCUT2D eigenvalue weighted by atomic mass is 9.96. The third-order valence-electron chi connectivity index (χ3n) is 3.71. The first-order chi connectivity index (χ1) is 9.48. The van der Waals surface area contributed by atoms with Crippen molar-refractivity contribution in [3.63, 3.8) is 0 Å². The summed E-state index contributed by atoms with van der Waals surface area (Å²) in [6.07, 6.45) is 4.94. The van der Waals surface area contributed by atoms with Crippen LogP contribution in [0, 0.1) is 0 Å². The summed E-state index contributed by atoms with van der Waals surface area (Å²) in [4.78, 5) is 29.2. The average Bonchev–Trinajstić information content (AvgIpc) is 3.07. The molecule has 1 aliphatic rings. The maximum Gasteiger partial charge on any atom is 0.263 e. The van der Waals surface area contributed by atoms with E-state index in [-0.39, 0.29) is 11.8 Å². The Morgan fingerprint density at radius 2 is 2.00 bits per heavy atom. The van der Waals surface area contributed by atoms with Gasteiger partial charge in [0.25, 0.3) is 5.91 Å². The number of carbonyl (C=O) groups excluding carboxylic acids is 2. The summed E-state index contributed by atoms with van der Waals surface area (Å²) < 4.78 is 0. The van der Waals surface area contributed by atoms with E-state index < -0.39 is 5.54 Å². The summed E-state index contributed by atoms with van der Waals surface area (Å²) in [5.74, 6) is 0.0118. The van der Waals surface area contributed by atoms with E-state index in [0.29, 0.717) is 23.6 Å². The van der Waals surface area contributed by atoms with E-state index in [1.54, 1.807) is 13.2 Å². The molecule has 6 heteroatoms. The SMILES string of the molecule is CNC(=O)C1(NC(=O)c2cnc(C(C)C)s2)CCCC1. The molecule has 1 fully saturated rings. The van der Waals surface area contributed by atoms with E-state index in [2.05, 4.69) is 15.6 Å². The summed E-state index contributed by atoms with van der Waals surface area (Å²) in [5, 5.41) is 6.53. The maximum atomic E-state index is 12.3. The third-order valence-corrected chi connectivity index (χ3v) is 5.01. The highest BCUT2D eigenvalue weighted by Crippen LogP contribution is 2.31. The van der Waals surface area contributed by atoms with Gasteiger partial charge in [0.2, 0.25) is 5.91 Å². The molecule has 0 saturated heterocycles. The zero-order valence-corrected chi connectivity index (χ0v) is 13.0. The minimum absolute atomic E-state index is 0.100. The van der Waals surface area contributed by atoms with Crippen LogP contribution in [0.3, 0.4) is 0 Å². The lowest BCUT2D eigenvalue weighted by Gasteiger charge is -2.27. The van der Waals surface area contributed by atoms with Crippen molar-refractivity contribution < 1.29 is 9.59 Å². The number of nitrogens with one attached hydrogen (secondary N) is 2. The number of rotatable bonds is 4. The third kappa shape index (κ3) is 2.85. The second-order valence-corrected chi connectivity index (χ2v) is 6.60. The Labute approximate surface area is 123 Å². The van der Waals surface area contributed by atoms with Crippen molar-refractivity contribution in [1.29, 1.82) is 0 Å². The molecule has 1 saturated carbocycles.